The maximum Gasteiger partial charge on any atom is 0.0871 e. The highest BCUT2D eigenvalue weighted by atomic mass is 16.5. The molecule has 5 heteroatoms. The first-order chi connectivity index (χ1) is 8.76. The first kappa shape index (κ1) is 18.2. The summed E-state index contributed by atoms with van der Waals surface area (Å²) in [5, 5.41) is 1.59. The molecule has 5 nitrogen and oxygen atoms in total. The summed E-state index contributed by atoms with van der Waals surface area (Å²) in [5.41, 5.74) is 6.17. The van der Waals surface area contributed by atoms with Crippen LogP contribution in [0, 0.1) is 5.92 Å². The Hall–Kier alpha value is -0.780. The summed E-state index contributed by atoms with van der Waals surface area (Å²) in [7, 11) is 1.60. The van der Waals surface area contributed by atoms with Crippen molar-refractivity contribution in [1.82, 2.24) is 5.01 Å². The van der Waals surface area contributed by atoms with Gasteiger partial charge in [-0.2, -0.15) is 0 Å². The molecule has 0 aromatic heterocycles. The average molecular weight is 273 g/mol. The molecule has 0 aliphatic rings. The molecule has 0 spiro atoms. The first-order valence-electron chi connectivity index (χ1n) is 6.87. The molecule has 0 saturated heterocycles. The normalized spacial score (nSPS) is 13.1. The molecule has 19 heavy (non-hydrogen) atoms. The van der Waals surface area contributed by atoms with E-state index in [4.69, 9.17) is 21.1 Å². The number of hydrogen-bond donors (Lipinski definition) is 2. The van der Waals surface area contributed by atoms with Gasteiger partial charge in [0.15, 0.2) is 0 Å². The maximum absolute atomic E-state index is 5.88. The van der Waals surface area contributed by atoms with E-state index in [9.17, 15) is 0 Å². The van der Waals surface area contributed by atoms with Gasteiger partial charge in [-0.25, -0.2) is 5.84 Å². The van der Waals surface area contributed by atoms with Crippen molar-refractivity contribution in [3.63, 3.8) is 0 Å². The molecule has 0 saturated carbocycles. The van der Waals surface area contributed by atoms with Crippen LogP contribution in [0.1, 0.15) is 40.5 Å². The van der Waals surface area contributed by atoms with Gasteiger partial charge in [0.05, 0.1) is 17.9 Å². The Kier molecular flexibility index (Phi) is 8.80. The standard InChI is InChI=1S/C14H31N3O2/c1-12(2)6-9-19-14(3,4)7-8-17(16)10-13(15)11-18-5/h10,12H,6-9,11,15-16H2,1-5H3/b13-10-. The molecule has 4 N–H and O–H groups in total. The Morgan fingerprint density at radius 1 is 1.37 bits per heavy atom. The van der Waals surface area contributed by atoms with E-state index in [2.05, 4.69) is 27.7 Å². The van der Waals surface area contributed by atoms with Crippen LogP contribution in [0.5, 0.6) is 0 Å². The number of hydrazine groups is 1. The van der Waals surface area contributed by atoms with Crippen LogP contribution in [0.4, 0.5) is 0 Å². The van der Waals surface area contributed by atoms with Crippen LogP contribution < -0.4 is 11.6 Å². The Balaban J connectivity index is 3.98. The van der Waals surface area contributed by atoms with Crippen molar-refractivity contribution in [3.05, 3.63) is 11.9 Å². The highest BCUT2D eigenvalue weighted by Crippen LogP contribution is 2.16. The second-order valence-electron chi connectivity index (χ2n) is 5.92. The third kappa shape index (κ3) is 10.8. The van der Waals surface area contributed by atoms with Crippen molar-refractivity contribution < 1.29 is 9.47 Å². The van der Waals surface area contributed by atoms with E-state index in [1.807, 2.05) is 0 Å². The minimum atomic E-state index is -0.170. The lowest BCUT2D eigenvalue weighted by Gasteiger charge is -2.28. The fourth-order valence-electron chi connectivity index (χ4n) is 1.52. The first-order valence-corrected chi connectivity index (χ1v) is 6.87. The molecule has 0 aliphatic carbocycles. The summed E-state index contributed by atoms with van der Waals surface area (Å²) in [5.74, 6) is 6.52. The molecule has 114 valence electrons. The van der Waals surface area contributed by atoms with Gasteiger partial charge in [-0.3, -0.25) is 0 Å². The quantitative estimate of drug-likeness (QED) is 0.469. The number of rotatable bonds is 10. The monoisotopic (exact) mass is 273 g/mol. The molecule has 0 rings (SSSR count). The molecule has 0 amide bonds. The van der Waals surface area contributed by atoms with E-state index in [0.29, 0.717) is 24.8 Å². The van der Waals surface area contributed by atoms with Crippen LogP contribution in [0.2, 0.25) is 0 Å². The molecule has 0 aliphatic heterocycles. The van der Waals surface area contributed by atoms with Gasteiger partial charge in [-0.15, -0.1) is 0 Å². The van der Waals surface area contributed by atoms with Gasteiger partial charge in [-0.05, 0) is 32.6 Å². The van der Waals surface area contributed by atoms with E-state index in [1.54, 1.807) is 18.3 Å². The number of methoxy groups -OCH3 is 1. The molecule has 0 bridgehead atoms. The summed E-state index contributed by atoms with van der Waals surface area (Å²) in [6.07, 6.45) is 3.63. The highest BCUT2D eigenvalue weighted by Gasteiger charge is 2.18. The Morgan fingerprint density at radius 3 is 2.53 bits per heavy atom. The van der Waals surface area contributed by atoms with Gasteiger partial charge in [0.2, 0.25) is 0 Å². The van der Waals surface area contributed by atoms with E-state index < -0.39 is 0 Å². The molecular weight excluding hydrogens is 242 g/mol. The summed E-state index contributed by atoms with van der Waals surface area (Å²) in [6.45, 7) is 10.4. The molecule has 0 unspecified atom stereocenters. The fraction of sp³-hybridized carbons (Fsp3) is 0.857. The average Bonchev–Trinajstić information content (AvgIpc) is 2.26. The highest BCUT2D eigenvalue weighted by molar-refractivity contribution is 4.95. The van der Waals surface area contributed by atoms with Gasteiger partial charge < -0.3 is 20.2 Å². The smallest absolute Gasteiger partial charge is 0.0871 e. The summed E-state index contributed by atoms with van der Waals surface area (Å²) in [4.78, 5) is 0. The molecule has 0 radical (unpaired) electrons. The number of hydrogen-bond acceptors (Lipinski definition) is 5. The van der Waals surface area contributed by atoms with Gasteiger partial charge in [0.1, 0.15) is 0 Å². The second-order valence-corrected chi connectivity index (χ2v) is 5.92. The van der Waals surface area contributed by atoms with Crippen molar-refractivity contribution >= 4 is 0 Å². The van der Waals surface area contributed by atoms with Gasteiger partial charge in [0.25, 0.3) is 0 Å². The fourth-order valence-corrected chi connectivity index (χ4v) is 1.52. The van der Waals surface area contributed by atoms with Crippen LogP contribution in [0.15, 0.2) is 11.9 Å². The van der Waals surface area contributed by atoms with Crippen molar-refractivity contribution in [2.24, 2.45) is 17.5 Å². The van der Waals surface area contributed by atoms with Crippen molar-refractivity contribution in [2.45, 2.75) is 46.1 Å². The van der Waals surface area contributed by atoms with Crippen molar-refractivity contribution in [2.75, 3.05) is 26.9 Å². The molecule has 0 aromatic carbocycles. The summed E-state index contributed by atoms with van der Waals surface area (Å²) >= 11 is 0. The molecule has 0 fully saturated rings. The number of nitrogens with zero attached hydrogens (tertiary/aromatic N) is 1. The van der Waals surface area contributed by atoms with Crippen LogP contribution in [-0.2, 0) is 9.47 Å². The van der Waals surface area contributed by atoms with E-state index in [1.165, 1.54) is 0 Å². The molecule has 0 heterocycles. The second kappa shape index (κ2) is 9.18. The number of ether oxygens (including phenoxy) is 2. The van der Waals surface area contributed by atoms with E-state index in [0.717, 1.165) is 19.4 Å². The van der Waals surface area contributed by atoms with Crippen LogP contribution in [0.25, 0.3) is 0 Å². The minimum absolute atomic E-state index is 0.170. The topological polar surface area (TPSA) is 73.7 Å². The predicted octanol–water partition coefficient (Wildman–Crippen LogP) is 1.84. The number of nitrogens with two attached hydrogens (primary N) is 2. The lowest BCUT2D eigenvalue weighted by Crippen LogP contribution is -2.35. The molecule has 0 atom stereocenters. The zero-order valence-corrected chi connectivity index (χ0v) is 13.1. The molecule has 0 aromatic rings. The summed E-state index contributed by atoms with van der Waals surface area (Å²) < 4.78 is 10.8. The Bertz CT molecular complexity index is 265. The lowest BCUT2D eigenvalue weighted by atomic mass is 10.0. The lowest BCUT2D eigenvalue weighted by molar-refractivity contribution is -0.0312. The zero-order valence-electron chi connectivity index (χ0n) is 13.1. The van der Waals surface area contributed by atoms with Gasteiger partial charge in [-0.1, -0.05) is 13.8 Å². The van der Waals surface area contributed by atoms with Crippen molar-refractivity contribution in [1.29, 1.82) is 0 Å². The maximum atomic E-state index is 5.88. The van der Waals surface area contributed by atoms with E-state index >= 15 is 0 Å². The van der Waals surface area contributed by atoms with Gasteiger partial charge in [0, 0.05) is 26.5 Å². The van der Waals surface area contributed by atoms with Crippen LogP contribution in [0.3, 0.4) is 0 Å². The van der Waals surface area contributed by atoms with Crippen LogP contribution >= 0.6 is 0 Å². The molecular formula is C14H31N3O2. The van der Waals surface area contributed by atoms with E-state index in [-0.39, 0.29) is 5.60 Å². The third-order valence-corrected chi connectivity index (χ3v) is 2.80. The van der Waals surface area contributed by atoms with Crippen LogP contribution in [-0.4, -0.2) is 37.5 Å². The minimum Gasteiger partial charge on any atom is -0.399 e. The summed E-state index contributed by atoms with van der Waals surface area (Å²) in [6, 6.07) is 0. The van der Waals surface area contributed by atoms with Crippen molar-refractivity contribution in [3.8, 4) is 0 Å². The zero-order chi connectivity index (χ0) is 14.9. The Labute approximate surface area is 117 Å². The largest absolute Gasteiger partial charge is 0.399 e. The third-order valence-electron chi connectivity index (χ3n) is 2.80. The Morgan fingerprint density at radius 2 is 2.00 bits per heavy atom. The predicted molar refractivity (Wildman–Crippen MR) is 79.1 cm³/mol. The SMILES string of the molecule is COC/C(N)=C/N(N)CCC(C)(C)OCCC(C)C. The van der Waals surface area contributed by atoms with Gasteiger partial charge >= 0.3 is 0 Å².